The predicted molar refractivity (Wildman–Crippen MR) is 58.7 cm³/mol. The summed E-state index contributed by atoms with van der Waals surface area (Å²) < 4.78 is 1.75. The lowest BCUT2D eigenvalue weighted by molar-refractivity contribution is 0.414. The first-order valence-electron chi connectivity index (χ1n) is 5.27. The zero-order chi connectivity index (χ0) is 11.1. The van der Waals surface area contributed by atoms with Gasteiger partial charge in [-0.05, 0) is 13.8 Å². The monoisotopic (exact) mass is 210 g/mol. The summed E-state index contributed by atoms with van der Waals surface area (Å²) in [5.41, 5.74) is 7.65. The van der Waals surface area contributed by atoms with E-state index in [1.54, 1.807) is 4.57 Å². The van der Waals surface area contributed by atoms with Gasteiger partial charge in [-0.3, -0.25) is 4.57 Å². The fourth-order valence-electron chi connectivity index (χ4n) is 1.96. The molecule has 0 saturated carbocycles. The summed E-state index contributed by atoms with van der Waals surface area (Å²) in [5, 5.41) is 3.26. The summed E-state index contributed by atoms with van der Waals surface area (Å²) in [7, 11) is 0. The minimum Gasteiger partial charge on any atom is -0.324 e. The van der Waals surface area contributed by atoms with Gasteiger partial charge < -0.3 is 16.0 Å². The van der Waals surface area contributed by atoms with E-state index in [2.05, 4.69) is 10.3 Å². The number of aromatic amines is 1. The topological polar surface area (TPSA) is 75.8 Å². The fraction of sp³-hybridized carbons (Fsp3) is 0.700. The molecule has 0 aliphatic carbocycles. The Kier molecular flexibility index (Phi) is 2.44. The lowest BCUT2D eigenvalue weighted by atomic mass is 10.1. The number of imidazole rings is 1. The van der Waals surface area contributed by atoms with Gasteiger partial charge in [0.05, 0.1) is 5.69 Å². The van der Waals surface area contributed by atoms with Crippen molar-refractivity contribution in [2.24, 2.45) is 5.73 Å². The maximum atomic E-state index is 11.7. The Hall–Kier alpha value is -1.07. The van der Waals surface area contributed by atoms with Crippen LogP contribution in [0.15, 0.2) is 4.79 Å². The zero-order valence-electron chi connectivity index (χ0n) is 9.26. The van der Waals surface area contributed by atoms with Gasteiger partial charge in [0.25, 0.3) is 0 Å². The molecule has 1 aromatic heterocycles. The van der Waals surface area contributed by atoms with Crippen LogP contribution < -0.4 is 16.7 Å². The Morgan fingerprint density at radius 3 is 2.93 bits per heavy atom. The van der Waals surface area contributed by atoms with Crippen LogP contribution in [0.1, 0.15) is 25.2 Å². The first-order valence-corrected chi connectivity index (χ1v) is 5.27. The maximum Gasteiger partial charge on any atom is 0.326 e. The average molecular weight is 210 g/mol. The molecule has 84 valence electrons. The molecule has 5 heteroatoms. The van der Waals surface area contributed by atoms with Crippen molar-refractivity contribution in [3.63, 3.8) is 0 Å². The van der Waals surface area contributed by atoms with Gasteiger partial charge >= 0.3 is 5.69 Å². The minimum absolute atomic E-state index is 0.0396. The van der Waals surface area contributed by atoms with E-state index in [1.165, 1.54) is 0 Å². The van der Waals surface area contributed by atoms with Crippen molar-refractivity contribution < 1.29 is 0 Å². The van der Waals surface area contributed by atoms with E-state index < -0.39 is 0 Å². The molecule has 0 saturated heterocycles. The van der Waals surface area contributed by atoms with Crippen molar-refractivity contribution in [1.29, 1.82) is 0 Å². The molecule has 4 N–H and O–H groups in total. The molecule has 15 heavy (non-hydrogen) atoms. The van der Waals surface area contributed by atoms with Crippen molar-refractivity contribution in [3.05, 3.63) is 21.9 Å². The number of hydrogen-bond donors (Lipinski definition) is 3. The summed E-state index contributed by atoms with van der Waals surface area (Å²) in [6, 6.07) is 0. The number of fused-ring (bicyclic) bond motifs is 1. The molecule has 1 aliphatic heterocycles. The highest BCUT2D eigenvalue weighted by Gasteiger charge is 2.21. The van der Waals surface area contributed by atoms with E-state index in [4.69, 9.17) is 5.73 Å². The first kappa shape index (κ1) is 10.4. The van der Waals surface area contributed by atoms with Crippen molar-refractivity contribution in [1.82, 2.24) is 14.9 Å². The molecular formula is C10H18N4O. The van der Waals surface area contributed by atoms with Gasteiger partial charge in [-0.25, -0.2) is 4.79 Å². The number of nitrogens with two attached hydrogens (primary N) is 1. The van der Waals surface area contributed by atoms with Crippen LogP contribution in [-0.4, -0.2) is 21.6 Å². The Bertz CT molecular complexity index is 410. The number of hydrogen-bond acceptors (Lipinski definition) is 3. The van der Waals surface area contributed by atoms with Crippen LogP contribution in [0.25, 0.3) is 0 Å². The van der Waals surface area contributed by atoms with Crippen LogP contribution in [0.4, 0.5) is 0 Å². The van der Waals surface area contributed by atoms with E-state index in [0.29, 0.717) is 6.54 Å². The molecule has 0 radical (unpaired) electrons. The number of aromatic nitrogens is 2. The van der Waals surface area contributed by atoms with Gasteiger partial charge in [-0.1, -0.05) is 0 Å². The molecule has 0 atom stereocenters. The second-order valence-electron chi connectivity index (χ2n) is 4.86. The molecule has 2 heterocycles. The predicted octanol–water partition coefficient (Wildman–Crippen LogP) is -0.441. The van der Waals surface area contributed by atoms with Gasteiger partial charge in [0.15, 0.2) is 0 Å². The van der Waals surface area contributed by atoms with E-state index in [1.807, 2.05) is 13.8 Å². The smallest absolute Gasteiger partial charge is 0.324 e. The number of nitrogens with zero attached hydrogens (tertiary/aromatic N) is 1. The molecule has 0 spiro atoms. The van der Waals surface area contributed by atoms with Crippen LogP contribution >= 0.6 is 0 Å². The van der Waals surface area contributed by atoms with Gasteiger partial charge in [-0.15, -0.1) is 0 Å². The quantitative estimate of drug-likeness (QED) is 0.619. The SMILES string of the molecule is CC(C)(N)Cn1c2c([nH]c1=O)CCNC2. The molecule has 1 aromatic rings. The van der Waals surface area contributed by atoms with Crippen molar-refractivity contribution >= 4 is 0 Å². The normalized spacial score (nSPS) is 16.5. The summed E-state index contributed by atoms with van der Waals surface area (Å²) in [6.45, 7) is 6.09. The van der Waals surface area contributed by atoms with Crippen molar-refractivity contribution in [2.45, 2.75) is 38.9 Å². The lowest BCUT2D eigenvalue weighted by Gasteiger charge is -2.21. The third-order valence-corrected chi connectivity index (χ3v) is 2.59. The zero-order valence-corrected chi connectivity index (χ0v) is 9.26. The van der Waals surface area contributed by atoms with E-state index in [-0.39, 0.29) is 11.2 Å². The van der Waals surface area contributed by atoms with Gasteiger partial charge in [-0.2, -0.15) is 0 Å². The van der Waals surface area contributed by atoms with Gasteiger partial charge in [0, 0.05) is 37.3 Å². The second-order valence-corrected chi connectivity index (χ2v) is 4.86. The standard InChI is InChI=1S/C10H18N4O/c1-10(2,11)6-14-8-5-12-4-3-7(8)13-9(14)15/h12H,3-6,11H2,1-2H3,(H,13,15). The highest BCUT2D eigenvalue weighted by atomic mass is 16.1. The molecule has 1 aliphatic rings. The Labute approximate surface area is 88.7 Å². The van der Waals surface area contributed by atoms with Gasteiger partial charge in [0.2, 0.25) is 0 Å². The first-order chi connectivity index (χ1) is 6.97. The van der Waals surface area contributed by atoms with Crippen LogP contribution in [0, 0.1) is 0 Å². The molecule has 2 rings (SSSR count). The number of nitrogens with one attached hydrogen (secondary N) is 2. The molecule has 0 aromatic carbocycles. The lowest BCUT2D eigenvalue weighted by Crippen LogP contribution is -2.41. The van der Waals surface area contributed by atoms with E-state index in [0.717, 1.165) is 30.9 Å². The highest BCUT2D eigenvalue weighted by molar-refractivity contribution is 5.16. The molecule has 0 fully saturated rings. The average Bonchev–Trinajstić information content (AvgIpc) is 2.41. The number of rotatable bonds is 2. The third-order valence-electron chi connectivity index (χ3n) is 2.59. The van der Waals surface area contributed by atoms with Crippen LogP contribution in [0.2, 0.25) is 0 Å². The highest BCUT2D eigenvalue weighted by Crippen LogP contribution is 2.11. The summed E-state index contributed by atoms with van der Waals surface area (Å²) in [4.78, 5) is 14.6. The maximum absolute atomic E-state index is 11.7. The minimum atomic E-state index is -0.364. The Morgan fingerprint density at radius 1 is 1.53 bits per heavy atom. The Morgan fingerprint density at radius 2 is 2.27 bits per heavy atom. The van der Waals surface area contributed by atoms with E-state index >= 15 is 0 Å². The van der Waals surface area contributed by atoms with Crippen molar-refractivity contribution in [2.75, 3.05) is 6.54 Å². The molecular weight excluding hydrogens is 192 g/mol. The summed E-state index contributed by atoms with van der Waals surface area (Å²) >= 11 is 0. The molecule has 5 nitrogen and oxygen atoms in total. The molecule has 0 unspecified atom stereocenters. The number of H-pyrrole nitrogens is 1. The van der Waals surface area contributed by atoms with Gasteiger partial charge in [0.1, 0.15) is 0 Å². The summed E-state index contributed by atoms with van der Waals surface area (Å²) in [5.74, 6) is 0. The summed E-state index contributed by atoms with van der Waals surface area (Å²) in [6.07, 6.45) is 0.891. The molecule has 0 bridgehead atoms. The second kappa shape index (κ2) is 3.50. The fourth-order valence-corrected chi connectivity index (χ4v) is 1.96. The molecule has 0 amide bonds. The largest absolute Gasteiger partial charge is 0.326 e. The van der Waals surface area contributed by atoms with Crippen LogP contribution in [-0.2, 0) is 19.5 Å². The Balaban J connectivity index is 2.38. The van der Waals surface area contributed by atoms with E-state index in [9.17, 15) is 4.79 Å². The third kappa shape index (κ3) is 2.13. The van der Waals surface area contributed by atoms with Crippen LogP contribution in [0.5, 0.6) is 0 Å². The van der Waals surface area contributed by atoms with Crippen molar-refractivity contribution in [3.8, 4) is 0 Å². The van der Waals surface area contributed by atoms with Crippen LogP contribution in [0.3, 0.4) is 0 Å².